The van der Waals surface area contributed by atoms with Gasteiger partial charge in [0.25, 0.3) is 6.08 Å². The highest BCUT2D eigenvalue weighted by Crippen LogP contribution is 2.53. The second-order valence-electron chi connectivity index (χ2n) is 2.23. The van der Waals surface area contributed by atoms with Crippen molar-refractivity contribution in [3.63, 3.8) is 0 Å². The summed E-state index contributed by atoms with van der Waals surface area (Å²) in [5.74, 6) is 0. The summed E-state index contributed by atoms with van der Waals surface area (Å²) in [6.07, 6.45) is -16.4. The molecule has 0 aliphatic heterocycles. The molecule has 0 aliphatic carbocycles. The molecule has 0 rings (SSSR count). The van der Waals surface area contributed by atoms with E-state index in [1.807, 2.05) is 0 Å². The van der Waals surface area contributed by atoms with Crippen molar-refractivity contribution in [1.82, 2.24) is 0 Å². The molecule has 0 heterocycles. The van der Waals surface area contributed by atoms with Gasteiger partial charge in [-0.1, -0.05) is 0 Å². The molecule has 15 heavy (non-hydrogen) atoms. The van der Waals surface area contributed by atoms with Gasteiger partial charge >= 0.3 is 18.0 Å². The molecule has 0 saturated heterocycles. The molecular formula is C5F9I. The van der Waals surface area contributed by atoms with Gasteiger partial charge < -0.3 is 0 Å². The molecule has 0 N–H and O–H groups in total. The van der Waals surface area contributed by atoms with Crippen molar-refractivity contribution in [1.29, 1.82) is 0 Å². The predicted octanol–water partition coefficient (Wildman–Crippen LogP) is 4.36. The fourth-order valence-electron chi connectivity index (χ4n) is 0.540. The molecule has 0 fully saturated rings. The van der Waals surface area contributed by atoms with E-state index >= 15 is 0 Å². The maximum absolute atomic E-state index is 12.7. The first kappa shape index (κ1) is 14.8. The fourth-order valence-corrected chi connectivity index (χ4v) is 1.15. The highest BCUT2D eigenvalue weighted by molar-refractivity contribution is 14.1. The van der Waals surface area contributed by atoms with E-state index in [2.05, 4.69) is 0 Å². The summed E-state index contributed by atoms with van der Waals surface area (Å²) < 4.78 is 104. The third kappa shape index (κ3) is 2.50. The Bertz CT molecular complexity index is 253. The van der Waals surface area contributed by atoms with Gasteiger partial charge in [-0.05, 0) is 22.6 Å². The van der Waals surface area contributed by atoms with Crippen LogP contribution in [0.15, 0.2) is 9.66 Å². The van der Waals surface area contributed by atoms with Crippen LogP contribution >= 0.6 is 22.6 Å². The van der Waals surface area contributed by atoms with Gasteiger partial charge in [-0.15, -0.1) is 0 Å². The van der Waals surface area contributed by atoms with E-state index in [1.165, 1.54) is 0 Å². The van der Waals surface area contributed by atoms with Crippen molar-refractivity contribution in [2.75, 3.05) is 0 Å². The highest BCUT2D eigenvalue weighted by atomic mass is 127. The van der Waals surface area contributed by atoms with Gasteiger partial charge in [-0.3, -0.25) is 0 Å². The van der Waals surface area contributed by atoms with Gasteiger partial charge in [-0.2, -0.15) is 35.1 Å². The molecule has 0 amide bonds. The summed E-state index contributed by atoms with van der Waals surface area (Å²) in [5.41, 5.74) is -6.03. The SMILES string of the molecule is FC(F)=C(I)C(F)(C(F)(F)F)C(F)(F)F. The van der Waals surface area contributed by atoms with Crippen LogP contribution in [0.1, 0.15) is 0 Å². The number of hydrogen-bond donors (Lipinski definition) is 0. The predicted molar refractivity (Wildman–Crippen MR) is 39.2 cm³/mol. The zero-order valence-corrected chi connectivity index (χ0v) is 8.44. The second-order valence-corrected chi connectivity index (χ2v) is 3.31. The Hall–Kier alpha value is -0.160. The lowest BCUT2D eigenvalue weighted by molar-refractivity contribution is -0.323. The van der Waals surface area contributed by atoms with Crippen molar-refractivity contribution >= 4 is 22.6 Å². The lowest BCUT2D eigenvalue weighted by Gasteiger charge is -2.28. The molecule has 0 aromatic carbocycles. The molecule has 0 bridgehead atoms. The van der Waals surface area contributed by atoms with Crippen molar-refractivity contribution < 1.29 is 39.5 Å². The monoisotopic (exact) mass is 358 g/mol. The van der Waals surface area contributed by atoms with Crippen LogP contribution in [0.25, 0.3) is 0 Å². The van der Waals surface area contributed by atoms with E-state index in [1.54, 1.807) is 0 Å². The molecule has 0 radical (unpaired) electrons. The maximum atomic E-state index is 12.7. The molecule has 0 atom stereocenters. The summed E-state index contributed by atoms with van der Waals surface area (Å²) in [7, 11) is 0. The topological polar surface area (TPSA) is 0 Å². The van der Waals surface area contributed by atoms with Crippen molar-refractivity contribution in [2.45, 2.75) is 18.0 Å². The number of hydrogen-bond acceptors (Lipinski definition) is 0. The van der Waals surface area contributed by atoms with Crippen LogP contribution in [0.5, 0.6) is 0 Å². The van der Waals surface area contributed by atoms with Gasteiger partial charge in [0.2, 0.25) is 0 Å². The van der Waals surface area contributed by atoms with Gasteiger partial charge in [0.15, 0.2) is 0 Å². The minimum Gasteiger partial charge on any atom is -0.217 e. The number of halogens is 10. The highest BCUT2D eigenvalue weighted by Gasteiger charge is 2.75. The smallest absolute Gasteiger partial charge is 0.217 e. The minimum atomic E-state index is -6.49. The molecule has 0 aromatic heterocycles. The quantitative estimate of drug-likeness (QED) is 0.483. The van der Waals surface area contributed by atoms with Gasteiger partial charge in [-0.25, -0.2) is 4.39 Å². The fraction of sp³-hybridized carbons (Fsp3) is 0.600. The van der Waals surface area contributed by atoms with E-state index in [0.717, 1.165) is 0 Å². The van der Waals surface area contributed by atoms with Crippen LogP contribution in [0.2, 0.25) is 0 Å². The van der Waals surface area contributed by atoms with Crippen LogP contribution < -0.4 is 0 Å². The van der Waals surface area contributed by atoms with Crippen LogP contribution in [-0.2, 0) is 0 Å². The maximum Gasteiger partial charge on any atom is 0.436 e. The van der Waals surface area contributed by atoms with Crippen LogP contribution in [0.3, 0.4) is 0 Å². The lowest BCUT2D eigenvalue weighted by atomic mass is 10.1. The van der Waals surface area contributed by atoms with Crippen LogP contribution in [0.4, 0.5) is 39.5 Å². The molecule has 0 aromatic rings. The Morgan fingerprint density at radius 3 is 1.07 bits per heavy atom. The Morgan fingerprint density at radius 2 is 1.00 bits per heavy atom. The van der Waals surface area contributed by atoms with E-state index < -0.39 is 27.7 Å². The Balaban J connectivity index is 5.77. The second kappa shape index (κ2) is 4.01. The Labute approximate surface area is 90.3 Å². The molecule has 0 nitrogen and oxygen atoms in total. The summed E-state index contributed by atoms with van der Waals surface area (Å²) in [6.45, 7) is 0. The molecule has 0 unspecified atom stereocenters. The summed E-state index contributed by atoms with van der Waals surface area (Å²) in [4.78, 5) is 0. The van der Waals surface area contributed by atoms with Crippen LogP contribution in [0, 0.1) is 0 Å². The average Bonchev–Trinajstić information content (AvgIpc) is 1.96. The molecule has 10 heteroatoms. The summed E-state index contributed by atoms with van der Waals surface area (Å²) in [6, 6.07) is 0. The first-order chi connectivity index (χ1) is 6.35. The Kier molecular flexibility index (Phi) is 3.97. The summed E-state index contributed by atoms with van der Waals surface area (Å²) >= 11 is -0.0246. The number of allylic oxidation sites excluding steroid dienone is 1. The van der Waals surface area contributed by atoms with Crippen LogP contribution in [-0.4, -0.2) is 18.0 Å². The van der Waals surface area contributed by atoms with E-state index in [4.69, 9.17) is 0 Å². The number of alkyl halides is 7. The van der Waals surface area contributed by atoms with Crippen molar-refractivity contribution in [3.8, 4) is 0 Å². The third-order valence-electron chi connectivity index (χ3n) is 1.25. The first-order valence-corrected chi connectivity index (χ1v) is 3.97. The minimum absolute atomic E-state index is 0.0246. The Morgan fingerprint density at radius 1 is 0.733 bits per heavy atom. The zero-order chi connectivity index (χ0) is 12.7. The van der Waals surface area contributed by atoms with Crippen molar-refractivity contribution in [3.05, 3.63) is 9.66 Å². The lowest BCUT2D eigenvalue weighted by Crippen LogP contribution is -2.53. The van der Waals surface area contributed by atoms with Gasteiger partial charge in [0, 0.05) is 0 Å². The molecule has 0 spiro atoms. The third-order valence-corrected chi connectivity index (χ3v) is 2.40. The zero-order valence-electron chi connectivity index (χ0n) is 6.28. The number of rotatable bonds is 1. The van der Waals surface area contributed by atoms with E-state index in [9.17, 15) is 39.5 Å². The van der Waals surface area contributed by atoms with Gasteiger partial charge in [0.05, 0.1) is 0 Å². The normalized spacial score (nSPS) is 14.0. The summed E-state index contributed by atoms with van der Waals surface area (Å²) in [5, 5.41) is 0. The van der Waals surface area contributed by atoms with E-state index in [-0.39, 0.29) is 22.6 Å². The largest absolute Gasteiger partial charge is 0.436 e. The molecule has 0 saturated carbocycles. The van der Waals surface area contributed by atoms with Gasteiger partial charge in [0.1, 0.15) is 3.58 Å². The molecular weight excluding hydrogens is 358 g/mol. The van der Waals surface area contributed by atoms with E-state index in [0.29, 0.717) is 0 Å². The average molecular weight is 358 g/mol. The first-order valence-electron chi connectivity index (χ1n) is 2.89. The molecule has 90 valence electrons. The molecule has 0 aliphatic rings. The van der Waals surface area contributed by atoms with Crippen molar-refractivity contribution in [2.24, 2.45) is 0 Å². The standard InChI is InChI=1S/C5F9I/c6-2(7)1(15)3(8,4(9,10)11)5(12,13)14.